The lowest BCUT2D eigenvalue weighted by molar-refractivity contribution is -0.137. The van der Waals surface area contributed by atoms with Crippen LogP contribution in [0, 0.1) is 0 Å². The number of halogens is 2. The lowest BCUT2D eigenvalue weighted by Crippen LogP contribution is -2.37. The molecule has 2 N–H and O–H groups in total. The van der Waals surface area contributed by atoms with E-state index in [1.54, 1.807) is 24.8 Å². The van der Waals surface area contributed by atoms with Crippen LogP contribution in [0.3, 0.4) is 0 Å². The van der Waals surface area contributed by atoms with Gasteiger partial charge in [-0.15, -0.1) is 0 Å². The van der Waals surface area contributed by atoms with E-state index in [1.807, 2.05) is 21.6 Å². The first-order valence-corrected chi connectivity index (χ1v) is 9.15. The lowest BCUT2D eigenvalue weighted by atomic mass is 10.1. The third-order valence-corrected chi connectivity index (χ3v) is 5.60. The fraction of sp³-hybridized carbons (Fsp3) is 0.278. The molecule has 1 saturated heterocycles. The number of aliphatic carboxylic acids is 1. The van der Waals surface area contributed by atoms with Gasteiger partial charge < -0.3 is 19.7 Å². The van der Waals surface area contributed by atoms with Crippen molar-refractivity contribution in [3.8, 4) is 5.69 Å². The molecule has 1 fully saturated rings. The molecule has 9 heteroatoms. The largest absolute Gasteiger partial charge is 0.481 e. The summed E-state index contributed by atoms with van der Waals surface area (Å²) in [6.07, 6.45) is 4.69. The van der Waals surface area contributed by atoms with Crippen molar-refractivity contribution in [2.24, 2.45) is 0 Å². The highest BCUT2D eigenvalue weighted by Gasteiger charge is 2.35. The zero-order valence-electron chi connectivity index (χ0n) is 14.1. The number of aromatic nitrogens is 3. The standard InChI is InChI=1S/C18H16Cl2N4O3/c19-11-2-1-10-12(23-6-4-21-9-23)7-15(22-18(10)17(11)20)24-5-3-14(25)13(24)8-16(26)27/h1-2,4,6-7,9,13-14,25H,3,5,8H2,(H,26,27)/t13-,14+/m1/s1. The molecule has 27 heavy (non-hydrogen) atoms. The molecule has 3 heterocycles. The Morgan fingerprint density at radius 3 is 2.85 bits per heavy atom. The van der Waals surface area contributed by atoms with Crippen LogP contribution in [0.1, 0.15) is 12.8 Å². The molecule has 1 aliphatic heterocycles. The average molecular weight is 407 g/mol. The van der Waals surface area contributed by atoms with Crippen LogP contribution in [-0.4, -0.2) is 49.4 Å². The number of benzene rings is 1. The molecular formula is C18H16Cl2N4O3. The Bertz CT molecular complexity index is 1010. The number of nitrogens with zero attached hydrogens (tertiary/aromatic N) is 4. The van der Waals surface area contributed by atoms with E-state index in [2.05, 4.69) is 9.97 Å². The van der Waals surface area contributed by atoms with Gasteiger partial charge in [-0.3, -0.25) is 4.79 Å². The van der Waals surface area contributed by atoms with Crippen LogP contribution in [-0.2, 0) is 4.79 Å². The number of anilines is 1. The van der Waals surface area contributed by atoms with Gasteiger partial charge in [0.05, 0.1) is 46.1 Å². The van der Waals surface area contributed by atoms with Crippen LogP contribution < -0.4 is 4.90 Å². The second-order valence-corrected chi connectivity index (χ2v) is 7.23. The number of carboxylic acid groups (broad SMARTS) is 1. The predicted molar refractivity (Wildman–Crippen MR) is 103 cm³/mol. The highest BCUT2D eigenvalue weighted by atomic mass is 35.5. The van der Waals surface area contributed by atoms with E-state index < -0.39 is 18.1 Å². The van der Waals surface area contributed by atoms with Gasteiger partial charge in [-0.1, -0.05) is 23.2 Å². The van der Waals surface area contributed by atoms with Gasteiger partial charge in [0.1, 0.15) is 5.82 Å². The fourth-order valence-electron chi connectivity index (χ4n) is 3.51. The first-order valence-electron chi connectivity index (χ1n) is 8.39. The number of fused-ring (bicyclic) bond motifs is 1. The molecule has 140 valence electrons. The number of hydrogen-bond acceptors (Lipinski definition) is 5. The van der Waals surface area contributed by atoms with E-state index in [4.69, 9.17) is 23.2 Å². The summed E-state index contributed by atoms with van der Waals surface area (Å²) in [5.41, 5.74) is 1.31. The van der Waals surface area contributed by atoms with Crippen molar-refractivity contribution in [2.45, 2.75) is 25.0 Å². The van der Waals surface area contributed by atoms with E-state index in [9.17, 15) is 15.0 Å². The molecule has 0 saturated carbocycles. The lowest BCUT2D eigenvalue weighted by Gasteiger charge is -2.27. The average Bonchev–Trinajstić information content (AvgIpc) is 3.28. The normalized spacial score (nSPS) is 19.7. The number of aliphatic hydroxyl groups is 1. The smallest absolute Gasteiger partial charge is 0.305 e. The number of pyridine rings is 1. The Morgan fingerprint density at radius 2 is 2.15 bits per heavy atom. The minimum atomic E-state index is -0.970. The summed E-state index contributed by atoms with van der Waals surface area (Å²) in [5.74, 6) is -0.430. The Balaban J connectivity index is 1.91. The van der Waals surface area contributed by atoms with Crippen molar-refractivity contribution >= 4 is 45.9 Å². The topological polar surface area (TPSA) is 91.5 Å². The van der Waals surface area contributed by atoms with Gasteiger partial charge in [-0.25, -0.2) is 9.97 Å². The third-order valence-electron chi connectivity index (χ3n) is 4.81. The number of carboxylic acids is 1. The monoisotopic (exact) mass is 406 g/mol. The summed E-state index contributed by atoms with van der Waals surface area (Å²) in [5, 5.41) is 20.9. The number of carbonyl (C=O) groups is 1. The molecule has 4 rings (SSSR count). The molecule has 1 aliphatic rings. The minimum Gasteiger partial charge on any atom is -0.481 e. The number of hydrogen-bond donors (Lipinski definition) is 2. The number of rotatable bonds is 4. The van der Waals surface area contributed by atoms with Crippen LogP contribution in [0.4, 0.5) is 5.82 Å². The second kappa shape index (κ2) is 6.99. The van der Waals surface area contributed by atoms with E-state index in [0.717, 1.165) is 11.1 Å². The zero-order valence-corrected chi connectivity index (χ0v) is 15.6. The van der Waals surface area contributed by atoms with Crippen molar-refractivity contribution in [3.63, 3.8) is 0 Å². The van der Waals surface area contributed by atoms with Gasteiger partial charge in [-0.2, -0.15) is 0 Å². The van der Waals surface area contributed by atoms with Gasteiger partial charge in [0.25, 0.3) is 0 Å². The van der Waals surface area contributed by atoms with Crippen molar-refractivity contribution in [2.75, 3.05) is 11.4 Å². The van der Waals surface area contributed by atoms with Gasteiger partial charge in [0.2, 0.25) is 0 Å². The highest BCUT2D eigenvalue weighted by Crippen LogP contribution is 2.36. The Hall–Kier alpha value is -2.35. The van der Waals surface area contributed by atoms with Gasteiger partial charge in [0, 0.05) is 30.4 Å². The molecule has 0 radical (unpaired) electrons. The maximum absolute atomic E-state index is 11.2. The summed E-state index contributed by atoms with van der Waals surface area (Å²) >= 11 is 12.6. The molecule has 0 spiro atoms. The second-order valence-electron chi connectivity index (χ2n) is 6.44. The Kier molecular flexibility index (Phi) is 4.67. The minimum absolute atomic E-state index is 0.176. The fourth-order valence-corrected chi connectivity index (χ4v) is 3.87. The van der Waals surface area contributed by atoms with Crippen molar-refractivity contribution in [1.82, 2.24) is 14.5 Å². The molecular weight excluding hydrogens is 391 g/mol. The van der Waals surface area contributed by atoms with Crippen molar-refractivity contribution in [3.05, 3.63) is 47.0 Å². The molecule has 0 unspecified atom stereocenters. The molecule has 7 nitrogen and oxygen atoms in total. The van der Waals surface area contributed by atoms with Crippen LogP contribution >= 0.6 is 23.2 Å². The van der Waals surface area contributed by atoms with Crippen LogP contribution in [0.15, 0.2) is 36.9 Å². The van der Waals surface area contributed by atoms with Crippen molar-refractivity contribution in [1.29, 1.82) is 0 Å². The molecule has 0 amide bonds. The number of imidazole rings is 1. The molecule has 3 aromatic rings. The summed E-state index contributed by atoms with van der Waals surface area (Å²) in [6, 6.07) is 4.84. The molecule has 0 aliphatic carbocycles. The van der Waals surface area contributed by atoms with Gasteiger partial charge >= 0.3 is 5.97 Å². The van der Waals surface area contributed by atoms with Crippen LogP contribution in [0.5, 0.6) is 0 Å². The van der Waals surface area contributed by atoms with Gasteiger partial charge in [0.15, 0.2) is 0 Å². The first-order chi connectivity index (χ1) is 13.0. The maximum Gasteiger partial charge on any atom is 0.305 e. The summed E-state index contributed by atoms with van der Waals surface area (Å²) in [4.78, 5) is 21.8. The summed E-state index contributed by atoms with van der Waals surface area (Å²) in [7, 11) is 0. The van der Waals surface area contributed by atoms with Gasteiger partial charge in [-0.05, 0) is 18.6 Å². The van der Waals surface area contributed by atoms with Crippen LogP contribution in [0.25, 0.3) is 16.6 Å². The van der Waals surface area contributed by atoms with E-state index in [1.165, 1.54) is 0 Å². The Labute approximate surface area is 164 Å². The molecule has 1 aromatic carbocycles. The summed E-state index contributed by atoms with van der Waals surface area (Å²) in [6.45, 7) is 0.499. The first kappa shape index (κ1) is 18.0. The van der Waals surface area contributed by atoms with Crippen LogP contribution in [0.2, 0.25) is 10.0 Å². The molecule has 2 aromatic heterocycles. The zero-order chi connectivity index (χ0) is 19.1. The van der Waals surface area contributed by atoms with E-state index in [0.29, 0.717) is 34.3 Å². The molecule has 2 atom stereocenters. The van der Waals surface area contributed by atoms with E-state index in [-0.39, 0.29) is 6.42 Å². The number of aliphatic hydroxyl groups excluding tert-OH is 1. The molecule has 0 bridgehead atoms. The SMILES string of the molecule is O=C(O)C[C@@H]1[C@@H](O)CCN1c1cc(-n2ccnc2)c2ccc(Cl)c(Cl)c2n1. The Morgan fingerprint density at radius 1 is 1.33 bits per heavy atom. The quantitative estimate of drug-likeness (QED) is 0.691. The van der Waals surface area contributed by atoms with E-state index >= 15 is 0 Å². The summed E-state index contributed by atoms with van der Waals surface area (Å²) < 4.78 is 1.83. The van der Waals surface area contributed by atoms with Crippen molar-refractivity contribution < 1.29 is 15.0 Å². The maximum atomic E-state index is 11.2. The third kappa shape index (κ3) is 3.22. The highest BCUT2D eigenvalue weighted by molar-refractivity contribution is 6.45. The predicted octanol–water partition coefficient (Wildman–Crippen LogP) is 3.14.